The molecule has 1 amide bonds. The Morgan fingerprint density at radius 3 is 2.48 bits per heavy atom. The summed E-state index contributed by atoms with van der Waals surface area (Å²) in [5.74, 6) is 0.0582. The first-order valence-corrected chi connectivity index (χ1v) is 9.25. The van der Waals surface area contributed by atoms with E-state index in [1.807, 2.05) is 41.3 Å². The number of rotatable bonds is 3. The van der Waals surface area contributed by atoms with E-state index in [1.165, 1.54) is 0 Å². The smallest absolute Gasteiger partial charge is 0.272 e. The number of hydrogen-bond acceptors (Lipinski definition) is 4. The fourth-order valence-corrected chi connectivity index (χ4v) is 3.82. The number of nitrogens with zero attached hydrogens (tertiary/aromatic N) is 4. The molecule has 0 radical (unpaired) electrons. The van der Waals surface area contributed by atoms with Gasteiger partial charge in [-0.25, -0.2) is 4.98 Å². The van der Waals surface area contributed by atoms with Crippen LogP contribution in [0, 0.1) is 0 Å². The van der Waals surface area contributed by atoms with Crippen molar-refractivity contribution < 1.29 is 4.79 Å². The molecule has 2 aliphatic rings. The Morgan fingerprint density at radius 2 is 1.76 bits per heavy atom. The molecule has 1 aromatic carbocycles. The van der Waals surface area contributed by atoms with Crippen molar-refractivity contribution in [2.24, 2.45) is 0 Å². The Morgan fingerprint density at radius 1 is 1.04 bits per heavy atom. The Kier molecular flexibility index (Phi) is 4.44. The van der Waals surface area contributed by atoms with E-state index in [1.54, 1.807) is 0 Å². The maximum absolute atomic E-state index is 12.7. The zero-order valence-electron chi connectivity index (χ0n) is 15.1. The molecular weight excluding hydrogens is 312 g/mol. The quantitative estimate of drug-likeness (QED) is 0.859. The summed E-state index contributed by atoms with van der Waals surface area (Å²) in [5, 5.41) is 1.07. The predicted molar refractivity (Wildman–Crippen MR) is 99.7 cm³/mol. The van der Waals surface area contributed by atoms with Crippen LogP contribution in [0.5, 0.6) is 0 Å². The second kappa shape index (κ2) is 6.73. The van der Waals surface area contributed by atoms with Gasteiger partial charge in [0, 0.05) is 56.7 Å². The standard InChI is InChI=1S/C20H26N4O/c1-15(2)22-9-11-23(12-10-22)17-13-24(14-17)20(25)19-8-7-16-5-3-4-6-18(16)21-19/h3-8,15,17H,9-14H2,1-2H3. The molecule has 5 nitrogen and oxygen atoms in total. The van der Waals surface area contributed by atoms with Gasteiger partial charge < -0.3 is 4.90 Å². The van der Waals surface area contributed by atoms with Gasteiger partial charge in [0.2, 0.25) is 0 Å². The van der Waals surface area contributed by atoms with Gasteiger partial charge in [0.05, 0.1) is 5.52 Å². The van der Waals surface area contributed by atoms with Crippen molar-refractivity contribution in [1.82, 2.24) is 19.7 Å². The average molecular weight is 338 g/mol. The molecular formula is C20H26N4O. The normalized spacial score (nSPS) is 20.2. The van der Waals surface area contributed by atoms with E-state index in [0.717, 1.165) is 50.2 Å². The molecule has 5 heteroatoms. The Hall–Kier alpha value is -1.98. The van der Waals surface area contributed by atoms with Crippen molar-refractivity contribution in [2.45, 2.75) is 25.9 Å². The first-order valence-electron chi connectivity index (χ1n) is 9.25. The third kappa shape index (κ3) is 3.26. The minimum absolute atomic E-state index is 0.0582. The molecule has 0 N–H and O–H groups in total. The van der Waals surface area contributed by atoms with E-state index in [-0.39, 0.29) is 5.91 Å². The van der Waals surface area contributed by atoms with Crippen LogP contribution in [0.4, 0.5) is 0 Å². The fraction of sp³-hybridized carbons (Fsp3) is 0.500. The number of hydrogen-bond donors (Lipinski definition) is 0. The number of piperazine rings is 1. The van der Waals surface area contributed by atoms with Gasteiger partial charge in [-0.05, 0) is 26.0 Å². The van der Waals surface area contributed by atoms with Crippen molar-refractivity contribution in [1.29, 1.82) is 0 Å². The third-order valence-electron chi connectivity index (χ3n) is 5.56. The average Bonchev–Trinajstić information content (AvgIpc) is 2.60. The molecule has 2 aliphatic heterocycles. The Labute approximate surface area is 149 Å². The van der Waals surface area contributed by atoms with E-state index in [0.29, 0.717) is 17.8 Å². The van der Waals surface area contributed by atoms with Crippen molar-refractivity contribution in [3.05, 3.63) is 42.1 Å². The van der Waals surface area contributed by atoms with Crippen LogP contribution in [-0.4, -0.2) is 76.9 Å². The fourth-order valence-electron chi connectivity index (χ4n) is 3.82. The SMILES string of the molecule is CC(C)N1CCN(C2CN(C(=O)c3ccc4ccccc4n3)C2)CC1. The summed E-state index contributed by atoms with van der Waals surface area (Å²) in [6.07, 6.45) is 0. The number of pyridine rings is 1. The van der Waals surface area contributed by atoms with Crippen molar-refractivity contribution >= 4 is 16.8 Å². The van der Waals surface area contributed by atoms with Crippen LogP contribution in [0.1, 0.15) is 24.3 Å². The minimum Gasteiger partial charge on any atom is -0.334 e. The molecule has 0 atom stereocenters. The summed E-state index contributed by atoms with van der Waals surface area (Å²) in [5.41, 5.74) is 1.44. The van der Waals surface area contributed by atoms with Gasteiger partial charge in [0.25, 0.3) is 5.91 Å². The number of amides is 1. The van der Waals surface area contributed by atoms with E-state index >= 15 is 0 Å². The second-order valence-corrected chi connectivity index (χ2v) is 7.42. The lowest BCUT2D eigenvalue weighted by Gasteiger charge is -2.48. The number of aromatic nitrogens is 1. The zero-order valence-corrected chi connectivity index (χ0v) is 15.1. The third-order valence-corrected chi connectivity index (χ3v) is 5.56. The van der Waals surface area contributed by atoms with Crippen LogP contribution in [0.25, 0.3) is 10.9 Å². The maximum Gasteiger partial charge on any atom is 0.272 e. The molecule has 25 heavy (non-hydrogen) atoms. The number of para-hydroxylation sites is 1. The Balaban J connectivity index is 1.34. The Bertz CT molecular complexity index is 761. The van der Waals surface area contributed by atoms with Gasteiger partial charge in [0.1, 0.15) is 5.69 Å². The molecule has 2 aromatic rings. The first-order chi connectivity index (χ1) is 12.1. The molecule has 1 aromatic heterocycles. The number of fused-ring (bicyclic) bond motifs is 1. The van der Waals surface area contributed by atoms with Crippen LogP contribution in [0.2, 0.25) is 0 Å². The van der Waals surface area contributed by atoms with E-state index in [2.05, 4.69) is 28.6 Å². The highest BCUT2D eigenvalue weighted by atomic mass is 16.2. The van der Waals surface area contributed by atoms with E-state index in [4.69, 9.17) is 0 Å². The molecule has 0 unspecified atom stereocenters. The lowest BCUT2D eigenvalue weighted by Crippen LogP contribution is -2.64. The van der Waals surface area contributed by atoms with Crippen molar-refractivity contribution in [3.8, 4) is 0 Å². The summed E-state index contributed by atoms with van der Waals surface area (Å²) >= 11 is 0. The number of likely N-dealkylation sites (tertiary alicyclic amines) is 1. The zero-order chi connectivity index (χ0) is 17.4. The highest BCUT2D eigenvalue weighted by Crippen LogP contribution is 2.21. The van der Waals surface area contributed by atoms with Crippen molar-refractivity contribution in [3.63, 3.8) is 0 Å². The van der Waals surface area contributed by atoms with Gasteiger partial charge in [0.15, 0.2) is 0 Å². The van der Waals surface area contributed by atoms with Crippen LogP contribution in [-0.2, 0) is 0 Å². The number of carbonyl (C=O) groups is 1. The number of benzene rings is 1. The molecule has 0 spiro atoms. The van der Waals surface area contributed by atoms with E-state index < -0.39 is 0 Å². The summed E-state index contributed by atoms with van der Waals surface area (Å²) in [7, 11) is 0. The van der Waals surface area contributed by atoms with Gasteiger partial charge in [-0.2, -0.15) is 0 Å². The monoisotopic (exact) mass is 338 g/mol. The summed E-state index contributed by atoms with van der Waals surface area (Å²) < 4.78 is 0. The van der Waals surface area contributed by atoms with Gasteiger partial charge in [-0.15, -0.1) is 0 Å². The molecule has 0 bridgehead atoms. The highest BCUT2D eigenvalue weighted by molar-refractivity contribution is 5.95. The molecule has 4 rings (SSSR count). The van der Waals surface area contributed by atoms with Crippen molar-refractivity contribution in [2.75, 3.05) is 39.3 Å². The summed E-state index contributed by atoms with van der Waals surface area (Å²) in [6.45, 7) is 10.7. The lowest BCUT2D eigenvalue weighted by atomic mass is 10.0. The van der Waals surface area contributed by atoms with Crippen LogP contribution in [0.3, 0.4) is 0 Å². The minimum atomic E-state index is 0.0582. The second-order valence-electron chi connectivity index (χ2n) is 7.42. The summed E-state index contributed by atoms with van der Waals surface area (Å²) in [4.78, 5) is 24.2. The van der Waals surface area contributed by atoms with E-state index in [9.17, 15) is 4.79 Å². The topological polar surface area (TPSA) is 39.7 Å². The summed E-state index contributed by atoms with van der Waals surface area (Å²) in [6, 6.07) is 12.9. The lowest BCUT2D eigenvalue weighted by molar-refractivity contribution is 0.00290. The highest BCUT2D eigenvalue weighted by Gasteiger charge is 2.36. The van der Waals surface area contributed by atoms with Gasteiger partial charge >= 0.3 is 0 Å². The van der Waals surface area contributed by atoms with Crippen LogP contribution >= 0.6 is 0 Å². The number of carbonyl (C=O) groups excluding carboxylic acids is 1. The van der Waals surface area contributed by atoms with Gasteiger partial charge in [-0.1, -0.05) is 24.3 Å². The maximum atomic E-state index is 12.7. The van der Waals surface area contributed by atoms with Crippen LogP contribution < -0.4 is 0 Å². The molecule has 0 saturated carbocycles. The first kappa shape index (κ1) is 16.5. The van der Waals surface area contributed by atoms with Crippen LogP contribution in [0.15, 0.2) is 36.4 Å². The largest absolute Gasteiger partial charge is 0.334 e. The predicted octanol–water partition coefficient (Wildman–Crippen LogP) is 2.09. The molecule has 2 fully saturated rings. The molecule has 3 heterocycles. The van der Waals surface area contributed by atoms with Gasteiger partial charge in [-0.3, -0.25) is 14.6 Å². The molecule has 132 valence electrons. The molecule has 0 aliphatic carbocycles. The molecule has 2 saturated heterocycles.